The Morgan fingerprint density at radius 2 is 1.00 bits per heavy atom. The molecule has 4 heteroatoms. The minimum atomic E-state index is 0.0722. The largest absolute Gasteiger partial charge is 0.465 e. The maximum Gasteiger partial charge on any atom is 0.308 e. The van der Waals surface area contributed by atoms with Gasteiger partial charge in [0.05, 0.1) is 19.3 Å². The first kappa shape index (κ1) is 35.4. The van der Waals surface area contributed by atoms with E-state index < -0.39 is 0 Å². The molecule has 4 nitrogen and oxygen atoms in total. The van der Waals surface area contributed by atoms with Crippen LogP contribution in [0.25, 0.3) is 0 Å². The van der Waals surface area contributed by atoms with Crippen molar-refractivity contribution < 1.29 is 14.6 Å². The van der Waals surface area contributed by atoms with E-state index in [-0.39, 0.29) is 18.6 Å². The molecule has 0 bridgehead atoms. The van der Waals surface area contributed by atoms with Crippen LogP contribution in [0.15, 0.2) is 0 Å². The zero-order valence-corrected chi connectivity index (χ0v) is 24.6. The van der Waals surface area contributed by atoms with Crippen molar-refractivity contribution in [1.82, 2.24) is 5.32 Å². The van der Waals surface area contributed by atoms with Crippen molar-refractivity contribution in [3.05, 3.63) is 0 Å². The second-order valence-electron chi connectivity index (χ2n) is 11.0. The Kier molecular flexibility index (Phi) is 30.1. The molecule has 1 unspecified atom stereocenters. The van der Waals surface area contributed by atoms with Crippen molar-refractivity contribution in [3.8, 4) is 0 Å². The van der Waals surface area contributed by atoms with Crippen LogP contribution >= 0.6 is 0 Å². The van der Waals surface area contributed by atoms with Crippen LogP contribution in [0.3, 0.4) is 0 Å². The van der Waals surface area contributed by atoms with Gasteiger partial charge in [0.1, 0.15) is 0 Å². The highest BCUT2D eigenvalue weighted by atomic mass is 16.5. The maximum absolute atomic E-state index is 12.5. The highest BCUT2D eigenvalue weighted by Crippen LogP contribution is 2.19. The van der Waals surface area contributed by atoms with Crippen molar-refractivity contribution in [2.45, 2.75) is 174 Å². The molecule has 1 atom stereocenters. The number of ether oxygens (including phenoxy) is 1. The number of esters is 1. The zero-order valence-electron chi connectivity index (χ0n) is 24.6. The lowest BCUT2D eigenvalue weighted by Gasteiger charge is -2.15. The second-order valence-corrected chi connectivity index (χ2v) is 11.0. The smallest absolute Gasteiger partial charge is 0.308 e. The lowest BCUT2D eigenvalue weighted by molar-refractivity contribution is -0.149. The Balaban J connectivity index is 3.39. The topological polar surface area (TPSA) is 58.6 Å². The number of rotatable bonds is 30. The summed E-state index contributed by atoms with van der Waals surface area (Å²) in [5.74, 6) is 0.209. The third-order valence-electron chi connectivity index (χ3n) is 7.50. The van der Waals surface area contributed by atoms with Crippen LogP contribution in [0.5, 0.6) is 0 Å². The minimum Gasteiger partial charge on any atom is -0.465 e. The van der Waals surface area contributed by atoms with E-state index in [1.54, 1.807) is 0 Å². The average Bonchev–Trinajstić information content (AvgIpc) is 2.89. The number of aliphatic hydroxyl groups is 1. The normalized spacial score (nSPS) is 12.2. The van der Waals surface area contributed by atoms with Gasteiger partial charge >= 0.3 is 5.97 Å². The van der Waals surface area contributed by atoms with Crippen LogP contribution in [0, 0.1) is 5.92 Å². The van der Waals surface area contributed by atoms with Crippen LogP contribution in [0.4, 0.5) is 0 Å². The van der Waals surface area contributed by atoms with Gasteiger partial charge in [0, 0.05) is 0 Å². The van der Waals surface area contributed by atoms with Crippen LogP contribution < -0.4 is 5.32 Å². The Labute approximate surface area is 226 Å². The average molecular weight is 512 g/mol. The predicted octanol–water partition coefficient (Wildman–Crippen LogP) is 9.48. The van der Waals surface area contributed by atoms with Gasteiger partial charge in [-0.2, -0.15) is 0 Å². The van der Waals surface area contributed by atoms with Crippen LogP contribution in [-0.2, 0) is 9.53 Å². The Morgan fingerprint density at radius 3 is 1.47 bits per heavy atom. The molecule has 216 valence electrons. The van der Waals surface area contributed by atoms with Crippen molar-refractivity contribution in [1.29, 1.82) is 0 Å². The summed E-state index contributed by atoms with van der Waals surface area (Å²) < 4.78 is 5.65. The van der Waals surface area contributed by atoms with Gasteiger partial charge in [0.15, 0.2) is 0 Å². The first-order valence-corrected chi connectivity index (χ1v) is 16.2. The van der Waals surface area contributed by atoms with Gasteiger partial charge in [0.2, 0.25) is 0 Å². The highest BCUT2D eigenvalue weighted by Gasteiger charge is 2.18. The van der Waals surface area contributed by atoms with Crippen molar-refractivity contribution in [2.75, 3.05) is 19.9 Å². The molecule has 0 aliphatic rings. The van der Waals surface area contributed by atoms with E-state index in [9.17, 15) is 4.79 Å². The lowest BCUT2D eigenvalue weighted by Crippen LogP contribution is -2.18. The first-order valence-electron chi connectivity index (χ1n) is 16.2. The number of unbranched alkanes of at least 4 members (excludes halogenated alkanes) is 20. The van der Waals surface area contributed by atoms with Gasteiger partial charge in [-0.05, 0) is 32.2 Å². The standard InChI is InChI=1S/C32H65NO3/c1-3-5-7-23-27-31(26-6-4-2)32(35)36-29-25-22-20-18-16-14-12-10-8-9-11-13-15-17-19-21-24-28-33-30-34/h31,33-34H,3-30H2,1-2H3. The summed E-state index contributed by atoms with van der Waals surface area (Å²) in [5, 5.41) is 11.6. The lowest BCUT2D eigenvalue weighted by atomic mass is 9.95. The van der Waals surface area contributed by atoms with Gasteiger partial charge in [-0.15, -0.1) is 0 Å². The fourth-order valence-corrected chi connectivity index (χ4v) is 5.02. The Bertz CT molecular complexity index is 430. The summed E-state index contributed by atoms with van der Waals surface area (Å²) in [6.07, 6.45) is 31.9. The molecule has 0 aliphatic heterocycles. The van der Waals surface area contributed by atoms with E-state index in [1.807, 2.05) is 0 Å². The van der Waals surface area contributed by atoms with E-state index in [4.69, 9.17) is 9.84 Å². The van der Waals surface area contributed by atoms with Gasteiger partial charge in [-0.3, -0.25) is 10.1 Å². The Hall–Kier alpha value is -0.610. The fraction of sp³-hybridized carbons (Fsp3) is 0.969. The SMILES string of the molecule is CCCCCCC(CCCC)C(=O)OCCCCCCCCCCCCCCCCCCCNCO. The predicted molar refractivity (Wildman–Crippen MR) is 156 cm³/mol. The number of carbonyl (C=O) groups excluding carboxylic acids is 1. The number of nitrogens with one attached hydrogen (secondary N) is 1. The molecule has 0 fully saturated rings. The third-order valence-corrected chi connectivity index (χ3v) is 7.50. The monoisotopic (exact) mass is 511 g/mol. The van der Waals surface area contributed by atoms with Gasteiger partial charge in [-0.25, -0.2) is 0 Å². The molecule has 0 saturated carbocycles. The van der Waals surface area contributed by atoms with Gasteiger partial charge in [0.25, 0.3) is 0 Å². The number of hydrogen-bond donors (Lipinski definition) is 2. The van der Waals surface area contributed by atoms with Crippen molar-refractivity contribution in [3.63, 3.8) is 0 Å². The molecule has 0 aromatic carbocycles. The molecule has 0 aromatic rings. The zero-order chi connectivity index (χ0) is 26.4. The highest BCUT2D eigenvalue weighted by molar-refractivity contribution is 5.72. The Morgan fingerprint density at radius 1 is 0.583 bits per heavy atom. The number of hydrogen-bond acceptors (Lipinski definition) is 4. The molecule has 0 amide bonds. The van der Waals surface area contributed by atoms with Gasteiger partial charge in [-0.1, -0.05) is 149 Å². The molecule has 0 spiro atoms. The second kappa shape index (κ2) is 30.6. The summed E-state index contributed by atoms with van der Waals surface area (Å²) in [7, 11) is 0. The van der Waals surface area contributed by atoms with Crippen molar-refractivity contribution in [2.24, 2.45) is 5.92 Å². The summed E-state index contributed by atoms with van der Waals surface area (Å²) in [6.45, 7) is 6.12. The van der Waals surface area contributed by atoms with E-state index in [2.05, 4.69) is 19.2 Å². The minimum absolute atomic E-state index is 0.0722. The molecule has 0 rings (SSSR count). The van der Waals surface area contributed by atoms with Crippen molar-refractivity contribution >= 4 is 5.97 Å². The van der Waals surface area contributed by atoms with E-state index in [1.165, 1.54) is 128 Å². The molecule has 2 N–H and O–H groups in total. The van der Waals surface area contributed by atoms with E-state index in [0.29, 0.717) is 6.61 Å². The van der Waals surface area contributed by atoms with Crippen LogP contribution in [-0.4, -0.2) is 31.0 Å². The first-order chi connectivity index (χ1) is 17.8. The van der Waals surface area contributed by atoms with E-state index >= 15 is 0 Å². The molecule has 0 heterocycles. The summed E-state index contributed by atoms with van der Waals surface area (Å²) in [4.78, 5) is 12.5. The summed E-state index contributed by atoms with van der Waals surface area (Å²) in [6, 6.07) is 0. The van der Waals surface area contributed by atoms with Crippen LogP contribution in [0.1, 0.15) is 174 Å². The number of carbonyl (C=O) groups is 1. The quantitative estimate of drug-likeness (QED) is 0.0572. The molecule has 0 radical (unpaired) electrons. The fourth-order valence-electron chi connectivity index (χ4n) is 5.02. The molecule has 36 heavy (non-hydrogen) atoms. The summed E-state index contributed by atoms with van der Waals surface area (Å²) in [5.41, 5.74) is 0. The van der Waals surface area contributed by atoms with Crippen LogP contribution in [0.2, 0.25) is 0 Å². The molecule has 0 saturated heterocycles. The van der Waals surface area contributed by atoms with Gasteiger partial charge < -0.3 is 9.84 Å². The van der Waals surface area contributed by atoms with E-state index in [0.717, 1.165) is 38.6 Å². The molecular formula is C32H65NO3. The third kappa shape index (κ3) is 26.5. The summed E-state index contributed by atoms with van der Waals surface area (Å²) >= 11 is 0. The molecular weight excluding hydrogens is 446 g/mol. The molecule has 0 aromatic heterocycles. The maximum atomic E-state index is 12.5. The molecule has 0 aliphatic carbocycles. The number of aliphatic hydroxyl groups excluding tert-OH is 1.